The van der Waals surface area contributed by atoms with Crippen LogP contribution in [-0.2, 0) is 6.54 Å². The van der Waals surface area contributed by atoms with Crippen molar-refractivity contribution in [3.05, 3.63) is 35.4 Å². The van der Waals surface area contributed by atoms with Gasteiger partial charge in [0.1, 0.15) is 0 Å². The van der Waals surface area contributed by atoms with Crippen LogP contribution >= 0.6 is 12.4 Å². The third-order valence-electron chi connectivity index (χ3n) is 3.03. The monoisotopic (exact) mass is 240 g/mol. The minimum atomic E-state index is 0. The number of rotatable bonds is 2. The largest absolute Gasteiger partial charge is 0.327 e. The molecule has 0 spiro atoms. The molecule has 1 saturated heterocycles. The first-order valence-corrected chi connectivity index (χ1v) is 5.77. The fourth-order valence-electron chi connectivity index (χ4n) is 2.30. The highest BCUT2D eigenvalue weighted by molar-refractivity contribution is 5.85. The van der Waals surface area contributed by atoms with Crippen LogP contribution in [0.15, 0.2) is 24.3 Å². The van der Waals surface area contributed by atoms with Gasteiger partial charge in [-0.2, -0.15) is 0 Å². The number of benzene rings is 1. The lowest BCUT2D eigenvalue weighted by molar-refractivity contribution is 0.201. The first-order chi connectivity index (χ1) is 7.24. The predicted octanol–water partition coefficient (Wildman–Crippen LogP) is 2.34. The summed E-state index contributed by atoms with van der Waals surface area (Å²) in [6, 6.07) is 9.12. The number of halogens is 1. The number of hydrogen-bond acceptors (Lipinski definition) is 2. The Bertz CT molecular complexity index is 327. The van der Waals surface area contributed by atoms with Crippen molar-refractivity contribution < 1.29 is 0 Å². The van der Waals surface area contributed by atoms with Crippen LogP contribution in [0.2, 0.25) is 0 Å². The van der Waals surface area contributed by atoms with E-state index < -0.39 is 0 Å². The van der Waals surface area contributed by atoms with E-state index in [1.807, 2.05) is 0 Å². The molecule has 0 amide bonds. The van der Waals surface area contributed by atoms with Crippen LogP contribution in [0.3, 0.4) is 0 Å². The van der Waals surface area contributed by atoms with Gasteiger partial charge >= 0.3 is 0 Å². The molecule has 90 valence electrons. The van der Waals surface area contributed by atoms with Gasteiger partial charge in [-0.15, -0.1) is 12.4 Å². The number of nitrogens with two attached hydrogens (primary N) is 1. The molecule has 0 bridgehead atoms. The topological polar surface area (TPSA) is 29.3 Å². The number of aryl methyl sites for hydroxylation is 1. The first-order valence-electron chi connectivity index (χ1n) is 5.77. The Morgan fingerprint density at radius 1 is 1.44 bits per heavy atom. The summed E-state index contributed by atoms with van der Waals surface area (Å²) >= 11 is 0. The Kier molecular flexibility index (Phi) is 5.26. The lowest BCUT2D eigenvalue weighted by atomic mass is 10.1. The Labute approximate surface area is 104 Å². The van der Waals surface area contributed by atoms with E-state index >= 15 is 0 Å². The summed E-state index contributed by atoms with van der Waals surface area (Å²) in [4.78, 5) is 2.46. The molecule has 1 aliphatic heterocycles. The molecule has 2 nitrogen and oxygen atoms in total. The normalized spacial score (nSPS) is 21.5. The third kappa shape index (κ3) is 3.78. The second kappa shape index (κ2) is 6.24. The minimum absolute atomic E-state index is 0. The summed E-state index contributed by atoms with van der Waals surface area (Å²) in [5.41, 5.74) is 8.72. The Morgan fingerprint density at radius 3 is 2.94 bits per heavy atom. The van der Waals surface area contributed by atoms with Crippen LogP contribution in [0, 0.1) is 6.92 Å². The molecule has 0 saturated carbocycles. The predicted molar refractivity (Wildman–Crippen MR) is 70.9 cm³/mol. The molecule has 0 radical (unpaired) electrons. The Morgan fingerprint density at radius 2 is 2.25 bits per heavy atom. The van der Waals surface area contributed by atoms with Crippen molar-refractivity contribution in [2.24, 2.45) is 5.73 Å². The highest BCUT2D eigenvalue weighted by atomic mass is 35.5. The van der Waals surface area contributed by atoms with E-state index in [9.17, 15) is 0 Å². The average Bonchev–Trinajstić information content (AvgIpc) is 2.17. The molecule has 1 atom stereocenters. The maximum absolute atomic E-state index is 5.97. The summed E-state index contributed by atoms with van der Waals surface area (Å²) in [6.45, 7) is 5.44. The molecule has 1 aliphatic rings. The minimum Gasteiger partial charge on any atom is -0.327 e. The Balaban J connectivity index is 0.00000128. The number of hydrogen-bond donors (Lipinski definition) is 1. The molecule has 3 heteroatoms. The van der Waals surface area contributed by atoms with E-state index in [2.05, 4.69) is 36.1 Å². The van der Waals surface area contributed by atoms with Crippen LogP contribution in [0.4, 0.5) is 0 Å². The van der Waals surface area contributed by atoms with Gasteiger partial charge in [-0.3, -0.25) is 4.90 Å². The molecular weight excluding hydrogens is 220 g/mol. The van der Waals surface area contributed by atoms with E-state index in [-0.39, 0.29) is 12.4 Å². The van der Waals surface area contributed by atoms with Crippen LogP contribution in [-0.4, -0.2) is 24.0 Å². The van der Waals surface area contributed by atoms with Gasteiger partial charge in [0.05, 0.1) is 0 Å². The van der Waals surface area contributed by atoms with Crippen molar-refractivity contribution in [2.75, 3.05) is 13.1 Å². The molecule has 1 aromatic rings. The van der Waals surface area contributed by atoms with E-state index in [1.54, 1.807) is 0 Å². The lowest BCUT2D eigenvalue weighted by Gasteiger charge is -2.30. The molecule has 0 unspecified atom stereocenters. The zero-order chi connectivity index (χ0) is 10.7. The van der Waals surface area contributed by atoms with E-state index in [1.165, 1.54) is 30.5 Å². The summed E-state index contributed by atoms with van der Waals surface area (Å²) in [7, 11) is 0. The molecular formula is C13H21ClN2. The summed E-state index contributed by atoms with van der Waals surface area (Å²) in [6.07, 6.45) is 2.43. The van der Waals surface area contributed by atoms with E-state index in [0.29, 0.717) is 6.04 Å². The van der Waals surface area contributed by atoms with Gasteiger partial charge in [0.2, 0.25) is 0 Å². The van der Waals surface area contributed by atoms with Crippen LogP contribution in [0.5, 0.6) is 0 Å². The third-order valence-corrected chi connectivity index (χ3v) is 3.03. The van der Waals surface area contributed by atoms with Crippen molar-refractivity contribution in [3.8, 4) is 0 Å². The fourth-order valence-corrected chi connectivity index (χ4v) is 2.30. The van der Waals surface area contributed by atoms with E-state index in [0.717, 1.165) is 13.1 Å². The summed E-state index contributed by atoms with van der Waals surface area (Å²) in [5, 5.41) is 0. The zero-order valence-corrected chi connectivity index (χ0v) is 10.7. The van der Waals surface area contributed by atoms with Crippen LogP contribution in [0.1, 0.15) is 24.0 Å². The first kappa shape index (κ1) is 13.5. The molecule has 2 N–H and O–H groups in total. The van der Waals surface area contributed by atoms with Crippen molar-refractivity contribution in [2.45, 2.75) is 32.4 Å². The highest BCUT2D eigenvalue weighted by Gasteiger charge is 2.16. The van der Waals surface area contributed by atoms with Crippen LogP contribution < -0.4 is 5.73 Å². The van der Waals surface area contributed by atoms with Gasteiger partial charge in [0.15, 0.2) is 0 Å². The maximum Gasteiger partial charge on any atom is 0.0234 e. The van der Waals surface area contributed by atoms with Gasteiger partial charge in [-0.1, -0.05) is 29.8 Å². The van der Waals surface area contributed by atoms with Crippen molar-refractivity contribution in [1.29, 1.82) is 0 Å². The SMILES string of the molecule is Cc1cccc(CN2CCC[C@@H](N)C2)c1.Cl. The van der Waals surface area contributed by atoms with Crippen molar-refractivity contribution in [3.63, 3.8) is 0 Å². The van der Waals surface area contributed by atoms with Gasteiger partial charge < -0.3 is 5.73 Å². The van der Waals surface area contributed by atoms with Gasteiger partial charge in [0, 0.05) is 19.1 Å². The number of nitrogens with zero attached hydrogens (tertiary/aromatic N) is 1. The number of piperidine rings is 1. The highest BCUT2D eigenvalue weighted by Crippen LogP contribution is 2.13. The lowest BCUT2D eigenvalue weighted by Crippen LogP contribution is -2.42. The maximum atomic E-state index is 5.97. The van der Waals surface area contributed by atoms with Crippen molar-refractivity contribution in [1.82, 2.24) is 4.90 Å². The van der Waals surface area contributed by atoms with Gasteiger partial charge in [-0.05, 0) is 31.9 Å². The molecule has 0 aromatic heterocycles. The second-order valence-electron chi connectivity index (χ2n) is 4.63. The summed E-state index contributed by atoms with van der Waals surface area (Å²) < 4.78 is 0. The van der Waals surface area contributed by atoms with Crippen molar-refractivity contribution >= 4 is 12.4 Å². The summed E-state index contributed by atoms with van der Waals surface area (Å²) in [5.74, 6) is 0. The molecule has 1 heterocycles. The Hall–Kier alpha value is -0.570. The molecule has 1 fully saturated rings. The standard InChI is InChI=1S/C13H20N2.ClH/c1-11-4-2-5-12(8-11)9-15-7-3-6-13(14)10-15;/h2,4-5,8,13H,3,6-7,9-10,14H2,1H3;1H/t13-;/m1./s1. The number of likely N-dealkylation sites (tertiary alicyclic amines) is 1. The second-order valence-corrected chi connectivity index (χ2v) is 4.63. The molecule has 0 aliphatic carbocycles. The molecule has 16 heavy (non-hydrogen) atoms. The average molecular weight is 241 g/mol. The fraction of sp³-hybridized carbons (Fsp3) is 0.538. The van der Waals surface area contributed by atoms with Gasteiger partial charge in [0.25, 0.3) is 0 Å². The van der Waals surface area contributed by atoms with E-state index in [4.69, 9.17) is 5.73 Å². The zero-order valence-electron chi connectivity index (χ0n) is 9.86. The molecule has 1 aromatic carbocycles. The molecule has 2 rings (SSSR count). The smallest absolute Gasteiger partial charge is 0.0234 e. The quantitative estimate of drug-likeness (QED) is 0.860. The van der Waals surface area contributed by atoms with Gasteiger partial charge in [-0.25, -0.2) is 0 Å². The van der Waals surface area contributed by atoms with Crippen LogP contribution in [0.25, 0.3) is 0 Å².